The molecule has 0 unspecified atom stereocenters. The minimum Gasteiger partial charge on any atom is -0.370 e. The molecule has 1 aromatic rings. The smallest absolute Gasteiger partial charge is 0.144 e. The van der Waals surface area contributed by atoms with E-state index in [-0.39, 0.29) is 0 Å². The van der Waals surface area contributed by atoms with Gasteiger partial charge in [-0.05, 0) is 26.3 Å². The Balaban J connectivity index is 2.00. The number of anilines is 1. The highest BCUT2D eigenvalue weighted by atomic mass is 32.2. The molecule has 21 heavy (non-hydrogen) atoms. The van der Waals surface area contributed by atoms with E-state index in [1.807, 2.05) is 13.0 Å². The molecule has 1 fully saturated rings. The van der Waals surface area contributed by atoms with E-state index >= 15 is 0 Å². The summed E-state index contributed by atoms with van der Waals surface area (Å²) in [5.41, 5.74) is 1.04. The SMILES string of the molecule is CCCNc1cc(C)nc(CN2CCSC(C)(C)CC2)n1. The van der Waals surface area contributed by atoms with E-state index in [4.69, 9.17) is 0 Å². The van der Waals surface area contributed by atoms with Crippen LogP contribution in [0.4, 0.5) is 5.82 Å². The van der Waals surface area contributed by atoms with Gasteiger partial charge in [-0.1, -0.05) is 20.8 Å². The monoisotopic (exact) mass is 308 g/mol. The van der Waals surface area contributed by atoms with Crippen LogP contribution in [0, 0.1) is 6.92 Å². The first-order valence-corrected chi connectivity index (χ1v) is 8.92. The minimum atomic E-state index is 0.399. The van der Waals surface area contributed by atoms with Gasteiger partial charge in [-0.15, -0.1) is 0 Å². The van der Waals surface area contributed by atoms with Crippen molar-refractivity contribution in [2.24, 2.45) is 0 Å². The van der Waals surface area contributed by atoms with Crippen LogP contribution in [0.3, 0.4) is 0 Å². The zero-order valence-corrected chi connectivity index (χ0v) is 14.6. The van der Waals surface area contributed by atoms with E-state index < -0.39 is 0 Å². The minimum absolute atomic E-state index is 0.399. The Bertz CT molecular complexity index is 462. The molecule has 1 aromatic heterocycles. The lowest BCUT2D eigenvalue weighted by Gasteiger charge is -2.22. The molecule has 0 spiro atoms. The van der Waals surface area contributed by atoms with Crippen molar-refractivity contribution in [3.8, 4) is 0 Å². The number of nitrogens with one attached hydrogen (secondary N) is 1. The molecule has 1 aliphatic rings. The van der Waals surface area contributed by atoms with Gasteiger partial charge < -0.3 is 5.32 Å². The first-order chi connectivity index (χ1) is 9.98. The summed E-state index contributed by atoms with van der Waals surface area (Å²) < 4.78 is 0.399. The standard InChI is InChI=1S/C16H28N4S/c1-5-7-17-14-11-13(2)18-15(19-14)12-20-8-6-16(3,4)21-10-9-20/h11H,5-10,12H2,1-4H3,(H,17,18,19). The number of thioether (sulfide) groups is 1. The van der Waals surface area contributed by atoms with Crippen molar-refractivity contribution in [2.45, 2.75) is 51.8 Å². The molecular weight excluding hydrogens is 280 g/mol. The summed E-state index contributed by atoms with van der Waals surface area (Å²) in [5.74, 6) is 3.10. The summed E-state index contributed by atoms with van der Waals surface area (Å²) in [6.45, 7) is 13.0. The molecule has 2 rings (SSSR count). The Morgan fingerprint density at radius 3 is 2.90 bits per heavy atom. The summed E-state index contributed by atoms with van der Waals surface area (Å²) in [7, 11) is 0. The summed E-state index contributed by atoms with van der Waals surface area (Å²) in [6.07, 6.45) is 2.33. The van der Waals surface area contributed by atoms with Gasteiger partial charge in [0, 0.05) is 35.3 Å². The topological polar surface area (TPSA) is 41.1 Å². The highest BCUT2D eigenvalue weighted by molar-refractivity contribution is 8.00. The molecule has 1 saturated heterocycles. The van der Waals surface area contributed by atoms with Gasteiger partial charge in [0.1, 0.15) is 11.6 Å². The highest BCUT2D eigenvalue weighted by Gasteiger charge is 2.24. The van der Waals surface area contributed by atoms with Crippen LogP contribution >= 0.6 is 11.8 Å². The number of aromatic nitrogens is 2. The summed E-state index contributed by atoms with van der Waals surface area (Å²) in [4.78, 5) is 11.8. The molecule has 5 heteroatoms. The highest BCUT2D eigenvalue weighted by Crippen LogP contribution is 2.30. The Kier molecular flexibility index (Phi) is 5.88. The van der Waals surface area contributed by atoms with Gasteiger partial charge in [-0.2, -0.15) is 11.8 Å². The van der Waals surface area contributed by atoms with Crippen LogP contribution in [0.15, 0.2) is 6.07 Å². The summed E-state index contributed by atoms with van der Waals surface area (Å²) in [6, 6.07) is 2.03. The molecule has 2 heterocycles. The van der Waals surface area contributed by atoms with Crippen LogP contribution in [0.25, 0.3) is 0 Å². The van der Waals surface area contributed by atoms with Crippen molar-refractivity contribution < 1.29 is 0 Å². The maximum Gasteiger partial charge on any atom is 0.144 e. The Labute approximate surface area is 133 Å². The van der Waals surface area contributed by atoms with Crippen molar-refractivity contribution in [2.75, 3.05) is 30.7 Å². The number of rotatable bonds is 5. The zero-order chi connectivity index (χ0) is 15.3. The summed E-state index contributed by atoms with van der Waals surface area (Å²) in [5, 5.41) is 3.36. The van der Waals surface area contributed by atoms with E-state index in [1.165, 1.54) is 12.2 Å². The third kappa shape index (κ3) is 5.47. The third-order valence-corrected chi connectivity index (χ3v) is 5.12. The van der Waals surface area contributed by atoms with Gasteiger partial charge in [-0.3, -0.25) is 4.90 Å². The Morgan fingerprint density at radius 1 is 1.33 bits per heavy atom. The second-order valence-electron chi connectivity index (χ2n) is 6.37. The molecule has 0 radical (unpaired) electrons. The van der Waals surface area contributed by atoms with Crippen LogP contribution in [-0.2, 0) is 6.54 Å². The van der Waals surface area contributed by atoms with Gasteiger partial charge in [0.25, 0.3) is 0 Å². The normalized spacial score (nSPS) is 19.2. The van der Waals surface area contributed by atoms with Crippen LogP contribution in [0.2, 0.25) is 0 Å². The van der Waals surface area contributed by atoms with Gasteiger partial charge >= 0.3 is 0 Å². The molecule has 0 amide bonds. The first kappa shape index (κ1) is 16.6. The third-order valence-electron chi connectivity index (χ3n) is 3.75. The lowest BCUT2D eigenvalue weighted by atomic mass is 10.1. The van der Waals surface area contributed by atoms with Gasteiger partial charge in [-0.25, -0.2) is 9.97 Å². The van der Waals surface area contributed by atoms with E-state index in [2.05, 4.69) is 52.7 Å². The summed E-state index contributed by atoms with van der Waals surface area (Å²) >= 11 is 2.08. The van der Waals surface area contributed by atoms with Crippen LogP contribution in [0.1, 0.15) is 45.1 Å². The van der Waals surface area contributed by atoms with Gasteiger partial charge in [0.2, 0.25) is 0 Å². The fourth-order valence-electron chi connectivity index (χ4n) is 2.46. The Morgan fingerprint density at radius 2 is 2.14 bits per heavy atom. The Hall–Kier alpha value is -0.810. The molecule has 1 N–H and O–H groups in total. The zero-order valence-electron chi connectivity index (χ0n) is 13.8. The number of hydrogen-bond donors (Lipinski definition) is 1. The number of aryl methyl sites for hydroxylation is 1. The van der Waals surface area contributed by atoms with Crippen molar-refractivity contribution in [1.82, 2.24) is 14.9 Å². The molecule has 1 aliphatic heterocycles. The molecule has 0 aliphatic carbocycles. The molecule has 4 nitrogen and oxygen atoms in total. The molecule has 0 bridgehead atoms. The van der Waals surface area contributed by atoms with E-state index in [9.17, 15) is 0 Å². The van der Waals surface area contributed by atoms with Crippen LogP contribution in [-0.4, -0.2) is 45.0 Å². The second kappa shape index (κ2) is 7.45. The van der Waals surface area contributed by atoms with Crippen molar-refractivity contribution in [3.05, 3.63) is 17.6 Å². The molecule has 118 valence electrons. The molecule has 0 atom stereocenters. The van der Waals surface area contributed by atoms with Crippen LogP contribution < -0.4 is 5.32 Å². The van der Waals surface area contributed by atoms with E-state index in [1.54, 1.807) is 0 Å². The van der Waals surface area contributed by atoms with Gasteiger partial charge in [0.15, 0.2) is 0 Å². The molecule has 0 aromatic carbocycles. The lowest BCUT2D eigenvalue weighted by molar-refractivity contribution is 0.269. The predicted octanol–water partition coefficient (Wildman–Crippen LogP) is 3.32. The molecular formula is C16H28N4S. The van der Waals surface area contributed by atoms with Crippen molar-refractivity contribution in [1.29, 1.82) is 0 Å². The van der Waals surface area contributed by atoms with E-state index in [0.717, 1.165) is 49.9 Å². The number of hydrogen-bond acceptors (Lipinski definition) is 5. The second-order valence-corrected chi connectivity index (χ2v) is 8.17. The quantitative estimate of drug-likeness (QED) is 0.903. The largest absolute Gasteiger partial charge is 0.370 e. The van der Waals surface area contributed by atoms with Crippen molar-refractivity contribution >= 4 is 17.6 Å². The van der Waals surface area contributed by atoms with Gasteiger partial charge in [0.05, 0.1) is 6.54 Å². The van der Waals surface area contributed by atoms with E-state index in [0.29, 0.717) is 4.75 Å². The average Bonchev–Trinajstić information content (AvgIpc) is 2.57. The fraction of sp³-hybridized carbons (Fsp3) is 0.750. The van der Waals surface area contributed by atoms with Crippen molar-refractivity contribution in [3.63, 3.8) is 0 Å². The van der Waals surface area contributed by atoms with Crippen LogP contribution in [0.5, 0.6) is 0 Å². The average molecular weight is 308 g/mol. The lowest BCUT2D eigenvalue weighted by Crippen LogP contribution is -2.28. The fourth-order valence-corrected chi connectivity index (χ4v) is 3.60. The molecule has 0 saturated carbocycles. The maximum atomic E-state index is 4.66. The first-order valence-electron chi connectivity index (χ1n) is 7.93. The number of nitrogens with zero attached hydrogens (tertiary/aromatic N) is 3. The predicted molar refractivity (Wildman–Crippen MR) is 92.0 cm³/mol. The maximum absolute atomic E-state index is 4.66.